The molecule has 188 valence electrons. The van der Waals surface area contributed by atoms with Crippen LogP contribution in [0.15, 0.2) is 24.3 Å². The van der Waals surface area contributed by atoms with Gasteiger partial charge >= 0.3 is 5.97 Å². The van der Waals surface area contributed by atoms with Crippen molar-refractivity contribution in [2.45, 2.75) is 18.3 Å². The van der Waals surface area contributed by atoms with Gasteiger partial charge in [0.2, 0.25) is 12.5 Å². The summed E-state index contributed by atoms with van der Waals surface area (Å²) in [7, 11) is 9.07. The van der Waals surface area contributed by atoms with E-state index in [4.69, 9.17) is 23.7 Å². The van der Waals surface area contributed by atoms with Crippen LogP contribution in [0.1, 0.15) is 34.9 Å². The summed E-state index contributed by atoms with van der Waals surface area (Å²) in [6.45, 7) is 1.37. The van der Waals surface area contributed by atoms with Gasteiger partial charge < -0.3 is 28.8 Å². The maximum absolute atomic E-state index is 13.2. The molecule has 1 fully saturated rings. The number of hydrogen-bond donors (Lipinski definition) is 1. The number of carbonyl (C=O) groups excluding carboxylic acids is 1. The van der Waals surface area contributed by atoms with Gasteiger partial charge in [0, 0.05) is 39.5 Å². The molecule has 0 unspecified atom stereocenters. The topological polar surface area (TPSA) is 89.9 Å². The molecule has 2 aromatic carbocycles. The number of cyclic esters (lactones) is 1. The lowest BCUT2D eigenvalue weighted by Gasteiger charge is -2.40. The van der Waals surface area contributed by atoms with Gasteiger partial charge in [-0.15, -0.1) is 0 Å². The second-order valence-electron chi connectivity index (χ2n) is 9.53. The average Bonchev–Trinajstić information content (AvgIpc) is 3.47. The Hall–Kier alpha value is -3.17. The first-order valence-electron chi connectivity index (χ1n) is 11.8. The Morgan fingerprint density at radius 3 is 2.20 bits per heavy atom. The standard InChI is InChI=1S/C26H32N2O7/c1-27(2)28(3)7-6-15-16-10-19-20(35-13-34-19)11-17(16)23(24-18(15)12-33-26(24)30)14-8-21(31-4)25(29)22(9-14)32-5/h8-11,15,18,23-24,29H,6-7,12-13H2,1-5H3/t15-,18-,23-,24+/m1/s1. The fourth-order valence-electron chi connectivity index (χ4n) is 5.67. The first-order chi connectivity index (χ1) is 16.8. The molecule has 0 spiro atoms. The largest absolute Gasteiger partial charge is 0.502 e. The molecule has 1 aliphatic carbocycles. The first-order valence-corrected chi connectivity index (χ1v) is 11.8. The lowest BCUT2D eigenvalue weighted by molar-refractivity contribution is -0.141. The van der Waals surface area contributed by atoms with Crippen molar-refractivity contribution in [2.75, 3.05) is 55.3 Å². The van der Waals surface area contributed by atoms with E-state index in [9.17, 15) is 9.90 Å². The van der Waals surface area contributed by atoms with E-state index in [-0.39, 0.29) is 42.2 Å². The Morgan fingerprint density at radius 2 is 1.60 bits per heavy atom. The van der Waals surface area contributed by atoms with Crippen LogP contribution in [0.2, 0.25) is 0 Å². The van der Waals surface area contributed by atoms with E-state index in [0.29, 0.717) is 23.9 Å². The summed E-state index contributed by atoms with van der Waals surface area (Å²) in [6.07, 6.45) is 0.855. The fraction of sp³-hybridized carbons (Fsp3) is 0.500. The molecule has 2 heterocycles. The Bertz CT molecular complexity index is 1110. The number of nitrogens with zero attached hydrogens (tertiary/aromatic N) is 2. The number of benzene rings is 2. The molecule has 9 heteroatoms. The number of phenols is 1. The molecule has 1 saturated heterocycles. The monoisotopic (exact) mass is 484 g/mol. The van der Waals surface area contributed by atoms with Crippen molar-refractivity contribution >= 4 is 5.97 Å². The second-order valence-corrected chi connectivity index (χ2v) is 9.53. The van der Waals surface area contributed by atoms with E-state index in [2.05, 4.69) is 23.1 Å². The van der Waals surface area contributed by atoms with E-state index in [1.54, 1.807) is 12.1 Å². The van der Waals surface area contributed by atoms with Gasteiger partial charge in [0.1, 0.15) is 0 Å². The highest BCUT2D eigenvalue weighted by molar-refractivity contribution is 5.79. The number of phenolic OH excluding ortho intramolecular Hbond substituents is 1. The summed E-state index contributed by atoms with van der Waals surface area (Å²) in [6, 6.07) is 7.62. The number of methoxy groups -OCH3 is 2. The van der Waals surface area contributed by atoms with Crippen LogP contribution in [0.5, 0.6) is 28.7 Å². The van der Waals surface area contributed by atoms with Gasteiger partial charge in [-0.25, -0.2) is 10.0 Å². The third-order valence-electron chi connectivity index (χ3n) is 7.65. The molecule has 35 heavy (non-hydrogen) atoms. The van der Waals surface area contributed by atoms with Gasteiger partial charge in [-0.1, -0.05) is 0 Å². The summed E-state index contributed by atoms with van der Waals surface area (Å²) in [5.74, 6) is 1.10. The highest BCUT2D eigenvalue weighted by atomic mass is 16.7. The summed E-state index contributed by atoms with van der Waals surface area (Å²) >= 11 is 0. The number of ether oxygens (including phenoxy) is 5. The molecule has 0 bridgehead atoms. The molecule has 2 aliphatic heterocycles. The number of carbonyl (C=O) groups is 1. The highest BCUT2D eigenvalue weighted by Gasteiger charge is 2.52. The van der Waals surface area contributed by atoms with Crippen LogP contribution >= 0.6 is 0 Å². The number of hydrogen-bond acceptors (Lipinski definition) is 9. The minimum absolute atomic E-state index is 0.00160. The summed E-state index contributed by atoms with van der Waals surface area (Å²) < 4.78 is 28.0. The summed E-state index contributed by atoms with van der Waals surface area (Å²) in [5.41, 5.74) is 2.95. The lowest BCUT2D eigenvalue weighted by Crippen LogP contribution is -2.38. The molecule has 0 aromatic heterocycles. The Labute approximate surface area is 205 Å². The van der Waals surface area contributed by atoms with E-state index in [0.717, 1.165) is 35.4 Å². The van der Waals surface area contributed by atoms with Crippen molar-refractivity contribution in [3.63, 3.8) is 0 Å². The molecule has 0 saturated carbocycles. The van der Waals surface area contributed by atoms with Crippen LogP contribution in [0, 0.1) is 11.8 Å². The van der Waals surface area contributed by atoms with Gasteiger partial charge in [-0.05, 0) is 53.3 Å². The molecule has 0 radical (unpaired) electrons. The Morgan fingerprint density at radius 1 is 0.971 bits per heavy atom. The third-order valence-corrected chi connectivity index (χ3v) is 7.65. The van der Waals surface area contributed by atoms with Crippen LogP contribution < -0.4 is 18.9 Å². The quantitative estimate of drug-likeness (QED) is 0.471. The first kappa shape index (κ1) is 23.6. The summed E-state index contributed by atoms with van der Waals surface area (Å²) in [4.78, 5) is 13.2. The zero-order chi connectivity index (χ0) is 24.9. The molecule has 0 amide bonds. The van der Waals surface area contributed by atoms with Crippen LogP contribution in [0.25, 0.3) is 0 Å². The minimum atomic E-state index is -0.378. The van der Waals surface area contributed by atoms with Crippen molar-refractivity contribution < 1.29 is 33.6 Å². The maximum atomic E-state index is 13.2. The van der Waals surface area contributed by atoms with Crippen molar-refractivity contribution in [3.05, 3.63) is 41.0 Å². The van der Waals surface area contributed by atoms with Crippen molar-refractivity contribution in [2.24, 2.45) is 11.8 Å². The highest BCUT2D eigenvalue weighted by Crippen LogP contribution is 2.56. The Kier molecular flexibility index (Phi) is 6.14. The Balaban J connectivity index is 1.67. The molecule has 4 atom stereocenters. The lowest BCUT2D eigenvalue weighted by atomic mass is 9.62. The number of hydrazine groups is 1. The zero-order valence-electron chi connectivity index (χ0n) is 20.7. The normalized spacial score (nSPS) is 24.4. The fourth-order valence-corrected chi connectivity index (χ4v) is 5.67. The number of aromatic hydroxyl groups is 1. The molecule has 9 nitrogen and oxygen atoms in total. The smallest absolute Gasteiger partial charge is 0.310 e. The zero-order valence-corrected chi connectivity index (χ0v) is 20.7. The van der Waals surface area contributed by atoms with Crippen LogP contribution in [-0.2, 0) is 9.53 Å². The SMILES string of the molecule is COc1cc([C@@H]2c3cc4c(cc3[C@@H](CCN(C)N(C)C)[C@H]3COC(=O)[C@H]23)OCO4)cc(OC)c1O. The van der Waals surface area contributed by atoms with Gasteiger partial charge in [0.15, 0.2) is 23.0 Å². The van der Waals surface area contributed by atoms with E-state index >= 15 is 0 Å². The van der Waals surface area contributed by atoms with Crippen LogP contribution in [0.4, 0.5) is 0 Å². The van der Waals surface area contributed by atoms with E-state index in [1.165, 1.54) is 14.2 Å². The maximum Gasteiger partial charge on any atom is 0.310 e. The predicted molar refractivity (Wildman–Crippen MR) is 127 cm³/mol. The van der Waals surface area contributed by atoms with Crippen LogP contribution in [0.3, 0.4) is 0 Å². The molecular formula is C26H32N2O7. The average molecular weight is 485 g/mol. The molecule has 1 N–H and O–H groups in total. The van der Waals surface area contributed by atoms with E-state index < -0.39 is 0 Å². The minimum Gasteiger partial charge on any atom is -0.502 e. The number of fused-ring (bicyclic) bond motifs is 3. The van der Waals surface area contributed by atoms with Crippen molar-refractivity contribution in [1.29, 1.82) is 0 Å². The molecular weight excluding hydrogens is 452 g/mol. The molecule has 5 rings (SSSR count). The van der Waals surface area contributed by atoms with Crippen molar-refractivity contribution in [3.8, 4) is 28.7 Å². The van der Waals surface area contributed by atoms with Crippen LogP contribution in [-0.4, -0.2) is 76.4 Å². The second kappa shape index (κ2) is 9.13. The molecule has 3 aliphatic rings. The van der Waals surface area contributed by atoms with Crippen molar-refractivity contribution in [1.82, 2.24) is 10.0 Å². The number of esters is 1. The summed E-state index contributed by atoms with van der Waals surface area (Å²) in [5, 5.41) is 14.7. The molecule has 2 aromatic rings. The van der Waals surface area contributed by atoms with Gasteiger partial charge in [0.05, 0.1) is 26.7 Å². The van der Waals surface area contributed by atoms with Gasteiger partial charge in [-0.2, -0.15) is 0 Å². The van der Waals surface area contributed by atoms with E-state index in [1.807, 2.05) is 20.2 Å². The predicted octanol–water partition coefficient (Wildman–Crippen LogP) is 2.95. The van der Waals surface area contributed by atoms with Gasteiger partial charge in [-0.3, -0.25) is 4.79 Å². The third kappa shape index (κ3) is 3.92. The number of rotatable bonds is 7. The van der Waals surface area contributed by atoms with Gasteiger partial charge in [0.25, 0.3) is 0 Å².